The number of nitrogens with one attached hydrogen (secondary N) is 1. The van der Waals surface area contributed by atoms with Crippen molar-refractivity contribution < 1.29 is 18.7 Å². The predicted molar refractivity (Wildman–Crippen MR) is 143 cm³/mol. The van der Waals surface area contributed by atoms with Crippen LogP contribution in [0.2, 0.25) is 0 Å². The summed E-state index contributed by atoms with van der Waals surface area (Å²) in [5.74, 6) is -0.549. The Bertz CT molecular complexity index is 1110. The molecular weight excluding hydrogens is 558 g/mol. The molecule has 0 aliphatic rings. The zero-order valence-electron chi connectivity index (χ0n) is 19.9. The van der Waals surface area contributed by atoms with E-state index < -0.39 is 17.8 Å². The van der Waals surface area contributed by atoms with Crippen molar-refractivity contribution in [1.82, 2.24) is 10.2 Å². The van der Waals surface area contributed by atoms with Crippen LogP contribution in [-0.2, 0) is 22.6 Å². The van der Waals surface area contributed by atoms with E-state index in [0.717, 1.165) is 15.6 Å². The second-order valence-electron chi connectivity index (χ2n) is 8.38. The van der Waals surface area contributed by atoms with Gasteiger partial charge in [0.2, 0.25) is 5.91 Å². The molecule has 0 saturated heterocycles. The first-order valence-corrected chi connectivity index (χ1v) is 12.7. The average molecular weight is 588 g/mol. The Morgan fingerprint density at radius 3 is 2.31 bits per heavy atom. The number of ether oxygens (including phenoxy) is 1. The van der Waals surface area contributed by atoms with E-state index >= 15 is 0 Å². The third-order valence-corrected chi connectivity index (χ3v) is 6.47. The van der Waals surface area contributed by atoms with E-state index in [2.05, 4.69) is 27.9 Å². The van der Waals surface area contributed by atoms with Crippen LogP contribution in [0.1, 0.15) is 31.4 Å². The van der Waals surface area contributed by atoms with E-state index in [1.807, 2.05) is 56.3 Å². The Hall–Kier alpha value is -2.94. The summed E-state index contributed by atoms with van der Waals surface area (Å²) in [6, 6.07) is 22.2. The Kier molecular flexibility index (Phi) is 10.1. The molecule has 0 bridgehead atoms. The molecule has 7 heteroatoms. The number of carbonyl (C=O) groups is 2. The summed E-state index contributed by atoms with van der Waals surface area (Å²) >= 11 is 2.19. The molecule has 0 saturated carbocycles. The van der Waals surface area contributed by atoms with Crippen LogP contribution >= 0.6 is 22.6 Å². The van der Waals surface area contributed by atoms with Gasteiger partial charge in [0.05, 0.1) is 0 Å². The Balaban J connectivity index is 1.91. The van der Waals surface area contributed by atoms with Gasteiger partial charge in [-0.1, -0.05) is 55.5 Å². The molecule has 0 fully saturated rings. The van der Waals surface area contributed by atoms with Crippen molar-refractivity contribution in [1.29, 1.82) is 0 Å². The van der Waals surface area contributed by atoms with Crippen molar-refractivity contribution in [2.45, 2.75) is 45.3 Å². The Morgan fingerprint density at radius 2 is 1.66 bits per heavy atom. The molecule has 0 aliphatic carbocycles. The molecule has 5 nitrogen and oxygen atoms in total. The van der Waals surface area contributed by atoms with Crippen LogP contribution in [0.3, 0.4) is 0 Å². The monoisotopic (exact) mass is 588 g/mol. The van der Waals surface area contributed by atoms with Gasteiger partial charge in [0.15, 0.2) is 6.61 Å². The summed E-state index contributed by atoms with van der Waals surface area (Å²) in [7, 11) is 0. The van der Waals surface area contributed by atoms with Crippen molar-refractivity contribution in [3.05, 3.63) is 99.4 Å². The van der Waals surface area contributed by atoms with Gasteiger partial charge in [0.1, 0.15) is 17.6 Å². The highest BCUT2D eigenvalue weighted by atomic mass is 127. The van der Waals surface area contributed by atoms with Crippen LogP contribution in [0.15, 0.2) is 78.9 Å². The fourth-order valence-electron chi connectivity index (χ4n) is 3.56. The molecule has 0 heterocycles. The summed E-state index contributed by atoms with van der Waals surface area (Å²) in [6.07, 6.45) is 1.05. The lowest BCUT2D eigenvalue weighted by atomic mass is 10.0. The molecule has 35 heavy (non-hydrogen) atoms. The minimum atomic E-state index is -0.834. The summed E-state index contributed by atoms with van der Waals surface area (Å²) in [6.45, 7) is 3.58. The Labute approximate surface area is 219 Å². The molecule has 2 atom stereocenters. The molecular formula is C28H30FIN2O3. The van der Waals surface area contributed by atoms with Gasteiger partial charge < -0.3 is 15.0 Å². The molecule has 0 radical (unpaired) electrons. The third-order valence-electron chi connectivity index (χ3n) is 5.75. The SMILES string of the molecule is CC[C@@H](C)NC(=O)[C@@H](Cc1ccccc1)N(Cc1ccccc1F)C(=O)COc1ccc(I)cc1. The van der Waals surface area contributed by atoms with Crippen LogP contribution < -0.4 is 10.1 Å². The van der Waals surface area contributed by atoms with Crippen LogP contribution in [0.5, 0.6) is 5.75 Å². The van der Waals surface area contributed by atoms with Crippen LogP contribution in [0.4, 0.5) is 4.39 Å². The number of hydrogen-bond donors (Lipinski definition) is 1. The number of benzene rings is 3. The van der Waals surface area contributed by atoms with Gasteiger partial charge in [-0.3, -0.25) is 9.59 Å². The summed E-state index contributed by atoms with van der Waals surface area (Å²) in [4.78, 5) is 28.3. The molecule has 2 amide bonds. The lowest BCUT2D eigenvalue weighted by Crippen LogP contribution is -2.53. The third kappa shape index (κ3) is 8.06. The van der Waals surface area contributed by atoms with Gasteiger partial charge in [-0.2, -0.15) is 0 Å². The van der Waals surface area contributed by atoms with Gasteiger partial charge in [0.25, 0.3) is 5.91 Å². The molecule has 184 valence electrons. The normalized spacial score (nSPS) is 12.5. The lowest BCUT2D eigenvalue weighted by molar-refractivity contribution is -0.143. The summed E-state index contributed by atoms with van der Waals surface area (Å²) in [5.41, 5.74) is 1.24. The summed E-state index contributed by atoms with van der Waals surface area (Å²) < 4.78 is 21.4. The largest absolute Gasteiger partial charge is 0.484 e. The quantitative estimate of drug-likeness (QED) is 0.307. The topological polar surface area (TPSA) is 58.6 Å². The van der Waals surface area contributed by atoms with Crippen LogP contribution in [0.25, 0.3) is 0 Å². The highest BCUT2D eigenvalue weighted by Gasteiger charge is 2.31. The second-order valence-corrected chi connectivity index (χ2v) is 9.62. The first-order chi connectivity index (χ1) is 16.9. The number of rotatable bonds is 11. The minimum Gasteiger partial charge on any atom is -0.484 e. The summed E-state index contributed by atoms with van der Waals surface area (Å²) in [5, 5.41) is 3.00. The predicted octanol–water partition coefficient (Wildman–Crippen LogP) is 5.36. The van der Waals surface area contributed by atoms with E-state index in [0.29, 0.717) is 17.7 Å². The average Bonchev–Trinajstić information content (AvgIpc) is 2.87. The highest BCUT2D eigenvalue weighted by molar-refractivity contribution is 14.1. The van der Waals surface area contributed by atoms with Crippen molar-refractivity contribution in [2.75, 3.05) is 6.61 Å². The zero-order valence-corrected chi connectivity index (χ0v) is 22.1. The molecule has 0 aromatic heterocycles. The van der Waals surface area contributed by atoms with Gasteiger partial charge in [-0.25, -0.2) is 4.39 Å². The van der Waals surface area contributed by atoms with Gasteiger partial charge in [-0.05, 0) is 71.8 Å². The molecule has 0 unspecified atom stereocenters. The van der Waals surface area contributed by atoms with Gasteiger partial charge >= 0.3 is 0 Å². The first kappa shape index (κ1) is 26.7. The van der Waals surface area contributed by atoms with Gasteiger partial charge in [-0.15, -0.1) is 0 Å². The zero-order chi connectivity index (χ0) is 25.2. The minimum absolute atomic E-state index is 0.0486. The van der Waals surface area contributed by atoms with Crippen LogP contribution in [-0.4, -0.2) is 35.4 Å². The molecule has 1 N–H and O–H groups in total. The maximum atomic E-state index is 14.6. The number of hydrogen-bond acceptors (Lipinski definition) is 3. The smallest absolute Gasteiger partial charge is 0.261 e. The highest BCUT2D eigenvalue weighted by Crippen LogP contribution is 2.18. The maximum Gasteiger partial charge on any atom is 0.261 e. The van der Waals surface area contributed by atoms with Crippen LogP contribution in [0, 0.1) is 9.39 Å². The number of carbonyl (C=O) groups excluding carboxylic acids is 2. The standard InChI is InChI=1S/C28H30FIN2O3/c1-3-20(2)31-28(34)26(17-21-9-5-4-6-10-21)32(18-22-11-7-8-12-25(22)29)27(33)19-35-24-15-13-23(30)14-16-24/h4-16,20,26H,3,17-19H2,1-2H3,(H,31,34)/t20-,26-/m1/s1. The molecule has 0 spiro atoms. The maximum absolute atomic E-state index is 14.6. The van der Waals surface area contributed by atoms with Crippen molar-refractivity contribution in [3.63, 3.8) is 0 Å². The first-order valence-electron chi connectivity index (χ1n) is 11.6. The van der Waals surface area contributed by atoms with Crippen molar-refractivity contribution in [3.8, 4) is 5.75 Å². The van der Waals surface area contributed by atoms with E-state index in [-0.39, 0.29) is 25.1 Å². The van der Waals surface area contributed by atoms with E-state index in [4.69, 9.17) is 4.74 Å². The van der Waals surface area contributed by atoms with Crippen molar-refractivity contribution in [2.24, 2.45) is 0 Å². The van der Waals surface area contributed by atoms with E-state index in [1.54, 1.807) is 30.3 Å². The number of amides is 2. The fourth-order valence-corrected chi connectivity index (χ4v) is 3.92. The molecule has 3 aromatic rings. The Morgan fingerprint density at radius 1 is 1.00 bits per heavy atom. The number of halogens is 2. The van der Waals surface area contributed by atoms with E-state index in [1.165, 1.54) is 11.0 Å². The second kappa shape index (κ2) is 13.2. The van der Waals surface area contributed by atoms with Crippen molar-refractivity contribution >= 4 is 34.4 Å². The molecule has 3 rings (SSSR count). The van der Waals surface area contributed by atoms with Gasteiger partial charge in [0, 0.05) is 28.1 Å². The molecule has 0 aliphatic heterocycles. The lowest BCUT2D eigenvalue weighted by Gasteiger charge is -2.32. The van der Waals surface area contributed by atoms with E-state index in [9.17, 15) is 14.0 Å². The fraction of sp³-hybridized carbons (Fsp3) is 0.286. The number of nitrogens with zero attached hydrogens (tertiary/aromatic N) is 1. The molecule has 3 aromatic carbocycles.